The van der Waals surface area contributed by atoms with Gasteiger partial charge in [-0.1, -0.05) is 68.8 Å². The first-order valence-corrected chi connectivity index (χ1v) is 10.7. The molecular formula is C27H30O2. The van der Waals surface area contributed by atoms with Crippen molar-refractivity contribution in [3.8, 4) is 11.5 Å². The van der Waals surface area contributed by atoms with E-state index in [2.05, 4.69) is 62.4 Å². The molecule has 0 aromatic heterocycles. The minimum atomic E-state index is -0.117. The van der Waals surface area contributed by atoms with Crippen LogP contribution >= 0.6 is 0 Å². The van der Waals surface area contributed by atoms with E-state index in [0.717, 1.165) is 19.3 Å². The van der Waals surface area contributed by atoms with Crippen LogP contribution in [0.3, 0.4) is 0 Å². The molecule has 2 nitrogen and oxygen atoms in total. The highest BCUT2D eigenvalue weighted by atomic mass is 16.3. The van der Waals surface area contributed by atoms with Gasteiger partial charge in [-0.2, -0.15) is 0 Å². The molecule has 1 aliphatic rings. The molecule has 3 aromatic carbocycles. The van der Waals surface area contributed by atoms with Gasteiger partial charge in [0.2, 0.25) is 0 Å². The first kappa shape index (κ1) is 19.6. The van der Waals surface area contributed by atoms with Crippen molar-refractivity contribution < 1.29 is 10.2 Å². The molecule has 4 rings (SSSR count). The Kier molecular flexibility index (Phi) is 5.36. The van der Waals surface area contributed by atoms with Gasteiger partial charge in [0.15, 0.2) is 0 Å². The number of phenolic OH excluding ortho intramolecular Hbond substituents is 2. The normalized spacial score (nSPS) is 18.7. The summed E-state index contributed by atoms with van der Waals surface area (Å²) in [7, 11) is 0. The Hall–Kier alpha value is -2.74. The fourth-order valence-corrected chi connectivity index (χ4v) is 5.20. The van der Waals surface area contributed by atoms with Crippen molar-refractivity contribution in [2.45, 2.75) is 56.8 Å². The van der Waals surface area contributed by atoms with Crippen LogP contribution in [0.1, 0.15) is 73.6 Å². The third-order valence-electron chi connectivity index (χ3n) is 6.65. The van der Waals surface area contributed by atoms with E-state index in [4.69, 9.17) is 0 Å². The van der Waals surface area contributed by atoms with Crippen LogP contribution in [0.25, 0.3) is 0 Å². The van der Waals surface area contributed by atoms with Crippen LogP contribution in [0, 0.1) is 0 Å². The van der Waals surface area contributed by atoms with E-state index in [9.17, 15) is 10.2 Å². The van der Waals surface area contributed by atoms with E-state index in [0.29, 0.717) is 23.3 Å². The summed E-state index contributed by atoms with van der Waals surface area (Å²) >= 11 is 0. The van der Waals surface area contributed by atoms with Crippen LogP contribution in [0.2, 0.25) is 0 Å². The largest absolute Gasteiger partial charge is 0.508 e. The smallest absolute Gasteiger partial charge is 0.115 e. The monoisotopic (exact) mass is 386 g/mol. The molecule has 0 radical (unpaired) electrons. The number of aromatic hydroxyl groups is 2. The lowest BCUT2D eigenvalue weighted by atomic mass is 9.61. The summed E-state index contributed by atoms with van der Waals surface area (Å²) < 4.78 is 0. The van der Waals surface area contributed by atoms with Crippen molar-refractivity contribution in [3.05, 3.63) is 95.1 Å². The SMILES string of the molecule is CC(C)c1ccccc1C1CCCC(c2ccc(O)cc2)(c2ccc(O)cc2)C1. The summed E-state index contributed by atoms with van der Waals surface area (Å²) in [5.74, 6) is 1.59. The van der Waals surface area contributed by atoms with Crippen molar-refractivity contribution in [2.24, 2.45) is 0 Å². The topological polar surface area (TPSA) is 40.5 Å². The molecule has 0 bridgehead atoms. The van der Waals surface area contributed by atoms with Crippen molar-refractivity contribution >= 4 is 0 Å². The van der Waals surface area contributed by atoms with Gasteiger partial charge in [0.05, 0.1) is 0 Å². The molecule has 0 amide bonds. The Morgan fingerprint density at radius 1 is 0.793 bits per heavy atom. The molecule has 29 heavy (non-hydrogen) atoms. The van der Waals surface area contributed by atoms with E-state index in [1.807, 2.05) is 0 Å². The summed E-state index contributed by atoms with van der Waals surface area (Å²) in [6.45, 7) is 4.55. The van der Waals surface area contributed by atoms with Crippen molar-refractivity contribution in [2.75, 3.05) is 0 Å². The van der Waals surface area contributed by atoms with Gasteiger partial charge in [-0.3, -0.25) is 0 Å². The molecule has 0 heterocycles. The molecule has 0 aliphatic heterocycles. The molecule has 1 fully saturated rings. The average molecular weight is 387 g/mol. The third-order valence-corrected chi connectivity index (χ3v) is 6.65. The van der Waals surface area contributed by atoms with Gasteiger partial charge in [0.25, 0.3) is 0 Å². The highest BCUT2D eigenvalue weighted by Gasteiger charge is 2.40. The zero-order valence-electron chi connectivity index (χ0n) is 17.3. The molecular weight excluding hydrogens is 356 g/mol. The highest BCUT2D eigenvalue weighted by molar-refractivity contribution is 5.45. The second-order valence-corrected chi connectivity index (χ2v) is 8.75. The first-order chi connectivity index (χ1) is 14.0. The maximum atomic E-state index is 9.84. The van der Waals surface area contributed by atoms with Gasteiger partial charge >= 0.3 is 0 Å². The van der Waals surface area contributed by atoms with E-state index >= 15 is 0 Å². The van der Waals surface area contributed by atoms with Crippen LogP contribution in [-0.4, -0.2) is 10.2 Å². The van der Waals surface area contributed by atoms with E-state index < -0.39 is 0 Å². The zero-order valence-corrected chi connectivity index (χ0v) is 17.3. The number of benzene rings is 3. The van der Waals surface area contributed by atoms with Gasteiger partial charge in [0, 0.05) is 5.41 Å². The maximum Gasteiger partial charge on any atom is 0.115 e. The lowest BCUT2D eigenvalue weighted by Crippen LogP contribution is -2.34. The molecule has 2 N–H and O–H groups in total. The van der Waals surface area contributed by atoms with Gasteiger partial charge in [-0.25, -0.2) is 0 Å². The summed E-state index contributed by atoms with van der Waals surface area (Å²) in [5.41, 5.74) is 5.29. The number of rotatable bonds is 4. The number of hydrogen-bond donors (Lipinski definition) is 2. The van der Waals surface area contributed by atoms with Crippen LogP contribution < -0.4 is 0 Å². The highest BCUT2D eigenvalue weighted by Crippen LogP contribution is 2.51. The molecule has 3 aromatic rings. The van der Waals surface area contributed by atoms with Gasteiger partial charge < -0.3 is 10.2 Å². The van der Waals surface area contributed by atoms with E-state index in [1.165, 1.54) is 28.7 Å². The Labute approximate surface area is 173 Å². The average Bonchev–Trinajstić information content (AvgIpc) is 2.74. The predicted octanol–water partition coefficient (Wildman–Crippen LogP) is 6.87. The molecule has 1 unspecified atom stereocenters. The van der Waals surface area contributed by atoms with Crippen LogP contribution in [0.5, 0.6) is 11.5 Å². The number of hydrogen-bond acceptors (Lipinski definition) is 2. The standard InChI is InChI=1S/C27H30O2/c1-19(2)25-7-3-4-8-26(25)20-6-5-17-27(18-20,21-9-13-23(28)14-10-21)22-11-15-24(29)16-12-22/h3-4,7-16,19-20,28-29H,5-6,17-18H2,1-2H3. The molecule has 1 atom stereocenters. The molecule has 150 valence electrons. The zero-order chi connectivity index (χ0) is 20.4. The van der Waals surface area contributed by atoms with E-state index in [-0.39, 0.29) is 5.41 Å². The minimum absolute atomic E-state index is 0.117. The van der Waals surface area contributed by atoms with Gasteiger partial charge in [-0.05, 0) is 77.6 Å². The predicted molar refractivity (Wildman–Crippen MR) is 119 cm³/mol. The third kappa shape index (κ3) is 3.76. The Morgan fingerprint density at radius 2 is 1.34 bits per heavy atom. The molecule has 1 saturated carbocycles. The molecule has 0 saturated heterocycles. The fourth-order valence-electron chi connectivity index (χ4n) is 5.20. The first-order valence-electron chi connectivity index (χ1n) is 10.7. The second kappa shape index (κ2) is 7.94. The Bertz CT molecular complexity index is 909. The maximum absolute atomic E-state index is 9.84. The van der Waals surface area contributed by atoms with Gasteiger partial charge in [-0.15, -0.1) is 0 Å². The quantitative estimate of drug-likeness (QED) is 0.514. The van der Waals surface area contributed by atoms with Crippen molar-refractivity contribution in [1.82, 2.24) is 0 Å². The lowest BCUT2D eigenvalue weighted by Gasteiger charge is -2.43. The molecule has 0 spiro atoms. The van der Waals surface area contributed by atoms with E-state index in [1.54, 1.807) is 24.3 Å². The van der Waals surface area contributed by atoms with Crippen LogP contribution in [0.4, 0.5) is 0 Å². The van der Waals surface area contributed by atoms with Gasteiger partial charge in [0.1, 0.15) is 11.5 Å². The summed E-state index contributed by atoms with van der Waals surface area (Å²) in [6.07, 6.45) is 4.45. The number of phenols is 2. The summed E-state index contributed by atoms with van der Waals surface area (Å²) in [4.78, 5) is 0. The molecule has 1 aliphatic carbocycles. The van der Waals surface area contributed by atoms with Crippen LogP contribution in [-0.2, 0) is 5.41 Å². The summed E-state index contributed by atoms with van der Waals surface area (Å²) in [6, 6.07) is 24.4. The fraction of sp³-hybridized carbons (Fsp3) is 0.333. The Balaban J connectivity index is 1.81. The minimum Gasteiger partial charge on any atom is -0.508 e. The lowest BCUT2D eigenvalue weighted by molar-refractivity contribution is 0.309. The summed E-state index contributed by atoms with van der Waals surface area (Å²) in [5, 5.41) is 19.7. The van der Waals surface area contributed by atoms with Crippen molar-refractivity contribution in [3.63, 3.8) is 0 Å². The van der Waals surface area contributed by atoms with Crippen LogP contribution in [0.15, 0.2) is 72.8 Å². The van der Waals surface area contributed by atoms with Crippen molar-refractivity contribution in [1.29, 1.82) is 0 Å². The molecule has 2 heteroatoms. The Morgan fingerprint density at radius 3 is 1.90 bits per heavy atom. The second-order valence-electron chi connectivity index (χ2n) is 8.75.